The van der Waals surface area contributed by atoms with Crippen LogP contribution < -0.4 is 0 Å². The monoisotopic (exact) mass is 208 g/mol. The van der Waals surface area contributed by atoms with E-state index in [2.05, 4.69) is 5.10 Å². The molecule has 0 N–H and O–H groups in total. The summed E-state index contributed by atoms with van der Waals surface area (Å²) in [7, 11) is -3.09. The number of hydrogen-bond donors (Lipinski definition) is 0. The largest absolute Gasteiger partial charge is 0.252 e. The molecule has 1 aliphatic rings. The lowest BCUT2D eigenvalue weighted by Gasteiger charge is -1.91. The number of aryl methyl sites for hydroxylation is 1. The molecule has 4 nitrogen and oxygen atoms in total. The van der Waals surface area contributed by atoms with Gasteiger partial charge < -0.3 is 0 Å². The van der Waals surface area contributed by atoms with Gasteiger partial charge in [0.15, 0.2) is 14.9 Å². The normalized spacial score (nSPS) is 18.6. The van der Waals surface area contributed by atoms with E-state index in [0.717, 1.165) is 10.9 Å². The molecule has 5 heteroatoms. The lowest BCUT2D eigenvalue weighted by Crippen LogP contribution is -1.98. The summed E-state index contributed by atoms with van der Waals surface area (Å²) in [5.41, 5.74) is 0.755. The first-order valence-electron chi connectivity index (χ1n) is 4.37. The van der Waals surface area contributed by atoms with Crippen LogP contribution in [-0.4, -0.2) is 24.0 Å². The van der Waals surface area contributed by atoms with Crippen molar-refractivity contribution in [2.24, 2.45) is 0 Å². The van der Waals surface area contributed by atoms with Crippen molar-refractivity contribution in [1.82, 2.24) is 9.78 Å². The van der Waals surface area contributed by atoms with E-state index in [0.29, 0.717) is 11.6 Å². The lowest BCUT2D eigenvalue weighted by molar-refractivity contribution is 0.598. The third-order valence-corrected chi connectivity index (χ3v) is 4.20. The minimum Gasteiger partial charge on any atom is -0.252 e. The first kappa shape index (κ1) is 7.99. The summed E-state index contributed by atoms with van der Waals surface area (Å²) >= 11 is 0. The summed E-state index contributed by atoms with van der Waals surface area (Å²) < 4.78 is 24.9. The Labute approximate surface area is 81.1 Å². The van der Waals surface area contributed by atoms with E-state index in [1.165, 1.54) is 0 Å². The molecule has 1 aliphatic heterocycles. The van der Waals surface area contributed by atoms with Crippen molar-refractivity contribution in [3.05, 3.63) is 24.3 Å². The van der Waals surface area contributed by atoms with Crippen molar-refractivity contribution < 1.29 is 8.42 Å². The highest BCUT2D eigenvalue weighted by molar-refractivity contribution is 7.91. The molecular weight excluding hydrogens is 200 g/mol. The van der Waals surface area contributed by atoms with Crippen molar-refractivity contribution in [1.29, 1.82) is 0 Å². The maximum atomic E-state index is 11.7. The third kappa shape index (κ3) is 0.874. The zero-order valence-corrected chi connectivity index (χ0v) is 8.16. The molecule has 0 spiro atoms. The summed E-state index contributed by atoms with van der Waals surface area (Å²) in [5, 5.41) is 5.35. The molecule has 0 saturated carbocycles. The average Bonchev–Trinajstić information content (AvgIpc) is 2.65. The number of aromatic nitrogens is 2. The van der Waals surface area contributed by atoms with Crippen LogP contribution in [0.3, 0.4) is 0 Å². The number of benzene rings is 1. The molecule has 0 fully saturated rings. The van der Waals surface area contributed by atoms with Gasteiger partial charge in [0, 0.05) is 5.39 Å². The second-order valence-corrected chi connectivity index (χ2v) is 5.39. The zero-order valence-electron chi connectivity index (χ0n) is 7.34. The molecule has 2 aromatic rings. The first-order chi connectivity index (χ1) is 6.68. The van der Waals surface area contributed by atoms with E-state index in [1.807, 2.05) is 18.2 Å². The van der Waals surface area contributed by atoms with Crippen LogP contribution in [0, 0.1) is 0 Å². The molecule has 0 saturated heterocycles. The van der Waals surface area contributed by atoms with E-state index in [-0.39, 0.29) is 5.75 Å². The third-order valence-electron chi connectivity index (χ3n) is 2.46. The number of rotatable bonds is 0. The average molecular weight is 208 g/mol. The van der Waals surface area contributed by atoms with Crippen LogP contribution in [0.2, 0.25) is 0 Å². The highest BCUT2D eigenvalue weighted by Gasteiger charge is 2.30. The second kappa shape index (κ2) is 2.36. The number of fused-ring (bicyclic) bond motifs is 3. The van der Waals surface area contributed by atoms with Gasteiger partial charge in [0.05, 0.1) is 17.8 Å². The van der Waals surface area contributed by atoms with E-state index in [1.54, 1.807) is 10.7 Å². The SMILES string of the molecule is O=S1(=O)CCn2nc3ccccc3c21. The lowest BCUT2D eigenvalue weighted by atomic mass is 10.3. The van der Waals surface area contributed by atoms with E-state index >= 15 is 0 Å². The van der Waals surface area contributed by atoms with Gasteiger partial charge in [-0.15, -0.1) is 0 Å². The van der Waals surface area contributed by atoms with Gasteiger partial charge in [0.2, 0.25) is 0 Å². The van der Waals surface area contributed by atoms with Crippen LogP contribution in [-0.2, 0) is 16.4 Å². The molecule has 0 amide bonds. The topological polar surface area (TPSA) is 52.0 Å². The van der Waals surface area contributed by atoms with E-state index in [4.69, 9.17) is 0 Å². The standard InChI is InChI=1S/C9H8N2O2S/c12-14(13)6-5-11-9(14)7-3-1-2-4-8(7)10-11/h1-4H,5-6H2. The van der Waals surface area contributed by atoms with Gasteiger partial charge in [-0.3, -0.25) is 4.68 Å². The van der Waals surface area contributed by atoms with Crippen LogP contribution >= 0.6 is 0 Å². The Bertz CT molecular complexity index is 613. The number of hydrogen-bond acceptors (Lipinski definition) is 3. The van der Waals surface area contributed by atoms with Crippen molar-refractivity contribution in [2.45, 2.75) is 11.6 Å². The Kier molecular flexibility index (Phi) is 1.35. The van der Waals surface area contributed by atoms with Crippen LogP contribution in [0.15, 0.2) is 29.3 Å². The Morgan fingerprint density at radius 3 is 2.93 bits per heavy atom. The molecule has 1 aromatic carbocycles. The van der Waals surface area contributed by atoms with Gasteiger partial charge in [-0.2, -0.15) is 5.10 Å². The van der Waals surface area contributed by atoms with Crippen molar-refractivity contribution in [2.75, 3.05) is 5.75 Å². The fourth-order valence-electron chi connectivity index (χ4n) is 1.84. The predicted molar refractivity (Wildman–Crippen MR) is 51.8 cm³/mol. The van der Waals surface area contributed by atoms with Gasteiger partial charge in [0.25, 0.3) is 0 Å². The van der Waals surface area contributed by atoms with Gasteiger partial charge in [-0.1, -0.05) is 12.1 Å². The van der Waals surface area contributed by atoms with Crippen molar-refractivity contribution >= 4 is 20.7 Å². The molecule has 1 aromatic heterocycles. The molecule has 0 bridgehead atoms. The number of sulfone groups is 1. The van der Waals surface area contributed by atoms with Crippen molar-refractivity contribution in [3.8, 4) is 0 Å². The summed E-state index contributed by atoms with van der Waals surface area (Å²) in [5.74, 6) is 0.181. The fraction of sp³-hybridized carbons (Fsp3) is 0.222. The van der Waals surface area contributed by atoms with E-state index < -0.39 is 9.84 Å². The zero-order chi connectivity index (χ0) is 9.76. The van der Waals surface area contributed by atoms with Gasteiger partial charge >= 0.3 is 0 Å². The predicted octanol–water partition coefficient (Wildman–Crippen LogP) is 0.824. The Morgan fingerprint density at radius 1 is 1.29 bits per heavy atom. The first-order valence-corrected chi connectivity index (χ1v) is 6.02. The fourth-order valence-corrected chi connectivity index (χ4v) is 3.41. The summed E-state index contributed by atoms with van der Waals surface area (Å²) in [6.45, 7) is 0.479. The summed E-state index contributed by atoms with van der Waals surface area (Å²) in [6, 6.07) is 7.32. The summed E-state index contributed by atoms with van der Waals surface area (Å²) in [6.07, 6.45) is 0. The van der Waals surface area contributed by atoms with Gasteiger partial charge in [-0.05, 0) is 12.1 Å². The van der Waals surface area contributed by atoms with E-state index in [9.17, 15) is 8.42 Å². The molecular formula is C9H8N2O2S. The molecule has 0 atom stereocenters. The Hall–Kier alpha value is -1.36. The molecule has 0 unspecified atom stereocenters. The van der Waals surface area contributed by atoms with Crippen molar-refractivity contribution in [3.63, 3.8) is 0 Å². The van der Waals surface area contributed by atoms with Crippen LogP contribution in [0.4, 0.5) is 0 Å². The molecule has 0 radical (unpaired) electrons. The maximum absolute atomic E-state index is 11.7. The quantitative estimate of drug-likeness (QED) is 0.644. The van der Waals surface area contributed by atoms with Crippen LogP contribution in [0.1, 0.15) is 0 Å². The highest BCUT2D eigenvalue weighted by atomic mass is 32.2. The highest BCUT2D eigenvalue weighted by Crippen LogP contribution is 2.27. The Morgan fingerprint density at radius 2 is 2.07 bits per heavy atom. The van der Waals surface area contributed by atoms with Crippen LogP contribution in [0.5, 0.6) is 0 Å². The smallest absolute Gasteiger partial charge is 0.197 e. The van der Waals surface area contributed by atoms with Crippen LogP contribution in [0.25, 0.3) is 10.9 Å². The molecule has 3 rings (SSSR count). The van der Waals surface area contributed by atoms with Gasteiger partial charge in [0.1, 0.15) is 0 Å². The summed E-state index contributed by atoms with van der Waals surface area (Å²) in [4.78, 5) is 0. The maximum Gasteiger partial charge on any atom is 0.197 e. The molecule has 72 valence electrons. The Balaban J connectivity index is 2.53. The minimum absolute atomic E-state index is 0.181. The molecule has 2 heterocycles. The minimum atomic E-state index is -3.09. The molecule has 14 heavy (non-hydrogen) atoms. The second-order valence-electron chi connectivity index (χ2n) is 3.36. The number of nitrogens with zero attached hydrogens (tertiary/aromatic N) is 2. The van der Waals surface area contributed by atoms with Gasteiger partial charge in [-0.25, -0.2) is 8.42 Å². The molecule has 0 aliphatic carbocycles.